The molecule has 1 heterocycles. The monoisotopic (exact) mass is 435 g/mol. The number of aromatic nitrogens is 1. The number of amides is 2. The van der Waals surface area contributed by atoms with Crippen LogP contribution in [0, 0.1) is 5.82 Å². The van der Waals surface area contributed by atoms with Crippen LogP contribution in [0.3, 0.4) is 0 Å². The van der Waals surface area contributed by atoms with Crippen molar-refractivity contribution < 1.29 is 18.7 Å². The Bertz CT molecular complexity index is 967. The van der Waals surface area contributed by atoms with Gasteiger partial charge in [-0.15, -0.1) is 11.8 Å². The van der Waals surface area contributed by atoms with E-state index in [0.29, 0.717) is 29.9 Å². The number of rotatable bonds is 7. The minimum atomic E-state index is -0.597. The molecule has 3 aliphatic rings. The molecule has 2 aromatic rings. The third-order valence-corrected chi connectivity index (χ3v) is 6.30. The van der Waals surface area contributed by atoms with Gasteiger partial charge < -0.3 is 15.4 Å². The lowest BCUT2D eigenvalue weighted by molar-refractivity contribution is -0.141. The summed E-state index contributed by atoms with van der Waals surface area (Å²) in [4.78, 5) is 29.0. The summed E-state index contributed by atoms with van der Waals surface area (Å²) in [5, 5.41) is 6.74. The molecule has 0 radical (unpaired) electrons. The maximum absolute atomic E-state index is 13.4. The van der Waals surface area contributed by atoms with Crippen molar-refractivity contribution in [3.63, 3.8) is 0 Å². The first-order chi connectivity index (χ1) is 13.8. The molecule has 2 N–H and O–H groups in total. The van der Waals surface area contributed by atoms with Gasteiger partial charge in [-0.05, 0) is 49.8 Å². The van der Waals surface area contributed by atoms with Crippen molar-refractivity contribution >= 4 is 35.2 Å². The molecular weight excluding hydrogens is 417 g/mol. The molecule has 0 aliphatic heterocycles. The first kappa shape index (κ1) is 20.0. The molecule has 5 rings (SSSR count). The molecule has 9 heteroatoms. The van der Waals surface area contributed by atoms with Gasteiger partial charge in [0.1, 0.15) is 16.6 Å². The van der Waals surface area contributed by atoms with E-state index in [2.05, 4.69) is 15.6 Å². The van der Waals surface area contributed by atoms with Crippen LogP contribution < -0.4 is 15.4 Å². The number of thioether (sulfide) groups is 1. The molecule has 0 spiro atoms. The van der Waals surface area contributed by atoms with Crippen LogP contribution >= 0.6 is 23.4 Å². The van der Waals surface area contributed by atoms with Gasteiger partial charge in [-0.3, -0.25) is 9.59 Å². The minimum Gasteiger partial charge on any atom is -0.484 e. The Morgan fingerprint density at radius 3 is 2.66 bits per heavy atom. The summed E-state index contributed by atoms with van der Waals surface area (Å²) in [5.41, 5.74) is -0.00171. The summed E-state index contributed by atoms with van der Waals surface area (Å²) in [6.07, 6.45) is 5.59. The Balaban J connectivity index is 1.26. The van der Waals surface area contributed by atoms with Crippen molar-refractivity contribution in [1.29, 1.82) is 0 Å². The van der Waals surface area contributed by atoms with E-state index < -0.39 is 5.82 Å². The van der Waals surface area contributed by atoms with E-state index >= 15 is 0 Å². The predicted octanol–water partition coefficient (Wildman–Crippen LogP) is 3.20. The van der Waals surface area contributed by atoms with Gasteiger partial charge in [-0.1, -0.05) is 11.6 Å². The maximum atomic E-state index is 13.4. The fourth-order valence-corrected chi connectivity index (χ4v) is 4.80. The lowest BCUT2D eigenvalue weighted by Gasteiger charge is -2.70. The largest absolute Gasteiger partial charge is 0.484 e. The van der Waals surface area contributed by atoms with Crippen LogP contribution in [0.1, 0.15) is 29.6 Å². The lowest BCUT2D eigenvalue weighted by atomic mass is 9.44. The minimum absolute atomic E-state index is 0.000974. The summed E-state index contributed by atoms with van der Waals surface area (Å²) < 4.78 is 18.7. The van der Waals surface area contributed by atoms with Crippen LogP contribution in [0.4, 0.5) is 4.39 Å². The first-order valence-corrected chi connectivity index (χ1v) is 10.6. The SMILES string of the molecule is CSc1ncccc1C(=O)NC12CC(NC(=O)COc3ccc(Cl)c(F)c3)(C1)C2. The van der Waals surface area contributed by atoms with Crippen LogP contribution in [-0.4, -0.2) is 40.7 Å². The average Bonchev–Trinajstić information content (AvgIpc) is 2.66. The highest BCUT2D eigenvalue weighted by Gasteiger charge is 2.69. The molecule has 0 saturated heterocycles. The number of hydrogen-bond donors (Lipinski definition) is 2. The maximum Gasteiger partial charge on any atom is 0.258 e. The summed E-state index contributed by atoms with van der Waals surface area (Å²) >= 11 is 7.05. The number of ether oxygens (including phenoxy) is 1. The number of pyridine rings is 1. The molecule has 3 saturated carbocycles. The number of hydrogen-bond acceptors (Lipinski definition) is 5. The number of halogens is 2. The molecule has 3 aliphatic carbocycles. The Labute approximate surface area is 176 Å². The van der Waals surface area contributed by atoms with E-state index in [-0.39, 0.29) is 40.3 Å². The van der Waals surface area contributed by atoms with Gasteiger partial charge in [0.15, 0.2) is 6.61 Å². The molecule has 3 fully saturated rings. The number of carbonyl (C=O) groups is 2. The van der Waals surface area contributed by atoms with E-state index in [9.17, 15) is 14.0 Å². The van der Waals surface area contributed by atoms with E-state index in [1.54, 1.807) is 18.3 Å². The molecule has 2 amide bonds. The highest BCUT2D eigenvalue weighted by Crippen LogP contribution is 2.60. The van der Waals surface area contributed by atoms with Crippen LogP contribution in [0.25, 0.3) is 0 Å². The third kappa shape index (κ3) is 3.91. The summed E-state index contributed by atoms with van der Waals surface area (Å²) in [7, 11) is 0. The van der Waals surface area contributed by atoms with Gasteiger partial charge >= 0.3 is 0 Å². The second kappa shape index (κ2) is 7.50. The van der Waals surface area contributed by atoms with Crippen LogP contribution in [0.5, 0.6) is 5.75 Å². The molecule has 2 bridgehead atoms. The van der Waals surface area contributed by atoms with E-state index in [1.165, 1.54) is 23.9 Å². The molecule has 6 nitrogen and oxygen atoms in total. The van der Waals surface area contributed by atoms with Crippen molar-refractivity contribution in [3.05, 3.63) is 52.9 Å². The van der Waals surface area contributed by atoms with Crippen molar-refractivity contribution in [2.45, 2.75) is 35.4 Å². The molecule has 0 atom stereocenters. The zero-order valence-corrected chi connectivity index (χ0v) is 17.2. The second-order valence-corrected chi connectivity index (χ2v) is 8.72. The standard InChI is InChI=1S/C20H19ClFN3O3S/c1-29-18-13(3-2-6-23-18)17(27)25-20-9-19(10-20,11-20)24-16(26)8-28-12-4-5-14(21)15(22)7-12/h2-7H,8-11H2,1H3,(H,24,26)(H,25,27). The van der Waals surface area contributed by atoms with Crippen LogP contribution in [0.15, 0.2) is 41.6 Å². The fraction of sp³-hybridized carbons (Fsp3) is 0.350. The smallest absolute Gasteiger partial charge is 0.258 e. The Hall–Kier alpha value is -2.32. The van der Waals surface area contributed by atoms with Gasteiger partial charge in [0.05, 0.1) is 10.6 Å². The highest BCUT2D eigenvalue weighted by atomic mass is 35.5. The topological polar surface area (TPSA) is 80.3 Å². The second-order valence-electron chi connectivity index (χ2n) is 7.52. The average molecular weight is 436 g/mol. The van der Waals surface area contributed by atoms with Crippen molar-refractivity contribution in [1.82, 2.24) is 15.6 Å². The first-order valence-electron chi connectivity index (χ1n) is 9.04. The number of nitrogens with zero attached hydrogens (tertiary/aromatic N) is 1. The zero-order valence-electron chi connectivity index (χ0n) is 15.6. The highest BCUT2D eigenvalue weighted by molar-refractivity contribution is 7.98. The van der Waals surface area contributed by atoms with Crippen molar-refractivity contribution in [3.8, 4) is 5.75 Å². The van der Waals surface area contributed by atoms with E-state index in [0.717, 1.165) is 6.07 Å². The molecule has 1 aromatic heterocycles. The van der Waals surface area contributed by atoms with E-state index in [4.69, 9.17) is 16.3 Å². The quantitative estimate of drug-likeness (QED) is 0.653. The number of carbonyl (C=O) groups excluding carboxylic acids is 2. The summed E-state index contributed by atoms with van der Waals surface area (Å²) in [5.74, 6) is -0.781. The molecule has 152 valence electrons. The predicted molar refractivity (Wildman–Crippen MR) is 108 cm³/mol. The van der Waals surface area contributed by atoms with Crippen LogP contribution in [-0.2, 0) is 4.79 Å². The Morgan fingerprint density at radius 2 is 1.97 bits per heavy atom. The number of benzene rings is 1. The normalized spacial score (nSPS) is 24.1. The summed E-state index contributed by atoms with van der Waals surface area (Å²) in [6, 6.07) is 7.52. The third-order valence-electron chi connectivity index (χ3n) is 5.28. The molecule has 29 heavy (non-hydrogen) atoms. The zero-order chi connectivity index (χ0) is 20.6. The van der Waals surface area contributed by atoms with Gasteiger partial charge in [-0.25, -0.2) is 9.37 Å². The van der Waals surface area contributed by atoms with Crippen molar-refractivity contribution in [2.75, 3.05) is 12.9 Å². The fourth-order valence-electron chi connectivity index (χ4n) is 4.13. The Kier molecular flexibility index (Phi) is 5.16. The van der Waals surface area contributed by atoms with Gasteiger partial charge in [-0.2, -0.15) is 0 Å². The van der Waals surface area contributed by atoms with E-state index in [1.807, 2.05) is 6.26 Å². The summed E-state index contributed by atoms with van der Waals surface area (Å²) in [6.45, 7) is -0.213. The Morgan fingerprint density at radius 1 is 1.24 bits per heavy atom. The number of nitrogens with one attached hydrogen (secondary N) is 2. The van der Waals surface area contributed by atoms with Gasteiger partial charge in [0.2, 0.25) is 0 Å². The molecular formula is C20H19ClFN3O3S. The van der Waals surface area contributed by atoms with Gasteiger partial charge in [0.25, 0.3) is 11.8 Å². The van der Waals surface area contributed by atoms with Crippen LogP contribution in [0.2, 0.25) is 5.02 Å². The molecule has 1 aromatic carbocycles. The van der Waals surface area contributed by atoms with Crippen molar-refractivity contribution in [2.24, 2.45) is 0 Å². The van der Waals surface area contributed by atoms with Gasteiger partial charge in [0, 0.05) is 23.3 Å². The molecule has 0 unspecified atom stereocenters. The lowest BCUT2D eigenvalue weighted by Crippen LogP contribution is -2.84.